The van der Waals surface area contributed by atoms with Crippen molar-refractivity contribution in [2.24, 2.45) is 0 Å². The summed E-state index contributed by atoms with van der Waals surface area (Å²) in [5, 5.41) is 9.65. The highest BCUT2D eigenvalue weighted by Gasteiger charge is 2.43. The highest BCUT2D eigenvalue weighted by Crippen LogP contribution is 2.40. The number of methoxy groups -OCH3 is 4. The zero-order valence-corrected chi connectivity index (χ0v) is 21.1. The van der Waals surface area contributed by atoms with Crippen LogP contribution >= 0.6 is 0 Å². The Balaban J connectivity index is 2.07. The van der Waals surface area contributed by atoms with Crippen LogP contribution < -0.4 is 0 Å². The molecule has 7 nitrogen and oxygen atoms in total. The van der Waals surface area contributed by atoms with Gasteiger partial charge >= 0.3 is 5.97 Å². The fraction of sp³-hybridized carbons (Fsp3) is 0.345. The summed E-state index contributed by atoms with van der Waals surface area (Å²) in [6.07, 6.45) is -3.65. The highest BCUT2D eigenvalue weighted by molar-refractivity contribution is 5.73. The molecule has 1 N–H and O–H groups in total. The molecule has 0 unspecified atom stereocenters. The van der Waals surface area contributed by atoms with E-state index in [9.17, 15) is 9.90 Å². The molecule has 192 valence electrons. The molecule has 0 saturated heterocycles. The van der Waals surface area contributed by atoms with Gasteiger partial charge in [-0.3, -0.25) is 0 Å². The largest absolute Gasteiger partial charge is 0.479 e. The Morgan fingerprint density at radius 1 is 0.667 bits per heavy atom. The first-order valence-electron chi connectivity index (χ1n) is 11.7. The smallest absolute Gasteiger partial charge is 0.335 e. The summed E-state index contributed by atoms with van der Waals surface area (Å²) in [6, 6.07) is 29.9. The average Bonchev–Trinajstić information content (AvgIpc) is 2.93. The van der Waals surface area contributed by atoms with E-state index >= 15 is 0 Å². The maximum absolute atomic E-state index is 11.8. The lowest BCUT2D eigenvalue weighted by Gasteiger charge is -2.39. The zero-order chi connectivity index (χ0) is 26.0. The van der Waals surface area contributed by atoms with E-state index in [-0.39, 0.29) is 6.61 Å². The Labute approximate surface area is 212 Å². The highest BCUT2D eigenvalue weighted by atomic mass is 16.6. The third kappa shape index (κ3) is 5.83. The molecular weight excluding hydrogens is 460 g/mol. The summed E-state index contributed by atoms with van der Waals surface area (Å²) < 4.78 is 29.0. The molecule has 4 atom stereocenters. The Morgan fingerprint density at radius 2 is 1.08 bits per heavy atom. The first-order valence-corrected chi connectivity index (χ1v) is 11.7. The number of hydrogen-bond donors (Lipinski definition) is 1. The molecular formula is C29H34O7. The van der Waals surface area contributed by atoms with Crippen LogP contribution in [-0.4, -0.2) is 70.5 Å². The maximum atomic E-state index is 11.8. The average molecular weight is 495 g/mol. The summed E-state index contributed by atoms with van der Waals surface area (Å²) in [5.41, 5.74) is 1.86. The lowest BCUT2D eigenvalue weighted by atomic mass is 9.80. The Bertz CT molecular complexity index is 946. The van der Waals surface area contributed by atoms with Gasteiger partial charge in [0, 0.05) is 28.4 Å². The number of hydrogen-bond acceptors (Lipinski definition) is 6. The van der Waals surface area contributed by atoms with Gasteiger partial charge in [-0.15, -0.1) is 0 Å². The van der Waals surface area contributed by atoms with Gasteiger partial charge in [0.1, 0.15) is 23.9 Å². The van der Waals surface area contributed by atoms with Crippen LogP contribution in [0.1, 0.15) is 16.7 Å². The number of aliphatic carboxylic acids is 1. The normalized spacial score (nSPS) is 15.1. The molecule has 3 rings (SSSR count). The van der Waals surface area contributed by atoms with Crippen LogP contribution in [0, 0.1) is 0 Å². The fourth-order valence-electron chi connectivity index (χ4n) is 4.58. The Morgan fingerprint density at radius 3 is 1.39 bits per heavy atom. The van der Waals surface area contributed by atoms with Gasteiger partial charge in [0.05, 0.1) is 6.61 Å². The van der Waals surface area contributed by atoms with E-state index in [1.807, 2.05) is 91.0 Å². The van der Waals surface area contributed by atoms with Crippen LogP contribution in [0.4, 0.5) is 0 Å². The van der Waals surface area contributed by atoms with Gasteiger partial charge in [-0.1, -0.05) is 91.0 Å². The van der Waals surface area contributed by atoms with Crippen molar-refractivity contribution in [1.82, 2.24) is 0 Å². The molecule has 0 aromatic heterocycles. The van der Waals surface area contributed by atoms with Crippen molar-refractivity contribution in [1.29, 1.82) is 0 Å². The van der Waals surface area contributed by atoms with Crippen molar-refractivity contribution in [2.75, 3.05) is 35.0 Å². The summed E-state index contributed by atoms with van der Waals surface area (Å²) >= 11 is 0. The summed E-state index contributed by atoms with van der Waals surface area (Å²) in [5.74, 6) is -1.16. The van der Waals surface area contributed by atoms with Crippen LogP contribution in [0.3, 0.4) is 0 Å². The van der Waals surface area contributed by atoms with Crippen molar-refractivity contribution in [3.8, 4) is 0 Å². The number of carbonyl (C=O) groups is 1. The van der Waals surface area contributed by atoms with E-state index < -0.39 is 36.0 Å². The van der Waals surface area contributed by atoms with Gasteiger partial charge in [0.15, 0.2) is 6.10 Å². The predicted molar refractivity (Wildman–Crippen MR) is 136 cm³/mol. The van der Waals surface area contributed by atoms with Crippen LogP contribution in [0.25, 0.3) is 0 Å². The second kappa shape index (κ2) is 13.3. The van der Waals surface area contributed by atoms with Crippen molar-refractivity contribution in [2.45, 2.75) is 30.0 Å². The first kappa shape index (κ1) is 27.5. The monoisotopic (exact) mass is 494 g/mol. The predicted octanol–water partition coefficient (Wildman–Crippen LogP) is 4.14. The van der Waals surface area contributed by atoms with Gasteiger partial charge in [-0.25, -0.2) is 4.79 Å². The minimum absolute atomic E-state index is 0.0730. The van der Waals surface area contributed by atoms with Crippen molar-refractivity contribution in [3.63, 3.8) is 0 Å². The lowest BCUT2D eigenvalue weighted by molar-refractivity contribution is -0.184. The molecule has 0 spiro atoms. The first-order chi connectivity index (χ1) is 17.5. The standard InChI is InChI=1S/C29H34O7/c1-32-24(25(33-2)26(34-3)27(35-4)28(30)31)20-36-29(21-14-8-5-9-15-21,22-16-10-6-11-17-22)23-18-12-7-13-19-23/h5-19,24-27H,20H2,1-4H3,(H,30,31)/t24-,25-,26+,27-/m1/s1. The third-order valence-electron chi connectivity index (χ3n) is 6.34. The molecule has 3 aromatic rings. The van der Waals surface area contributed by atoms with Crippen LogP contribution in [0.15, 0.2) is 91.0 Å². The molecule has 0 saturated carbocycles. The Hall–Kier alpha value is -3.07. The number of carboxylic acids is 1. The van der Waals surface area contributed by atoms with Crippen LogP contribution in [0.2, 0.25) is 0 Å². The molecule has 0 fully saturated rings. The molecule has 0 aliphatic rings. The minimum Gasteiger partial charge on any atom is -0.479 e. The summed E-state index contributed by atoms with van der Waals surface area (Å²) in [7, 11) is 5.75. The quantitative estimate of drug-likeness (QED) is 0.337. The summed E-state index contributed by atoms with van der Waals surface area (Å²) in [4.78, 5) is 11.8. The van der Waals surface area contributed by atoms with E-state index in [0.29, 0.717) is 0 Å². The SMILES string of the molecule is CO[C@@H]([C@H](OC)[C@@H](OC)C(=O)O)[C@@H](COC(c1ccccc1)(c1ccccc1)c1ccccc1)OC. The van der Waals surface area contributed by atoms with E-state index in [1.54, 1.807) is 0 Å². The molecule has 0 aliphatic carbocycles. The molecule has 3 aromatic carbocycles. The molecule has 0 amide bonds. The van der Waals surface area contributed by atoms with Gasteiger partial charge in [0.25, 0.3) is 0 Å². The van der Waals surface area contributed by atoms with Gasteiger partial charge < -0.3 is 28.8 Å². The lowest BCUT2D eigenvalue weighted by Crippen LogP contribution is -2.52. The minimum atomic E-state index is -1.25. The second-order valence-electron chi connectivity index (χ2n) is 8.26. The van der Waals surface area contributed by atoms with Crippen molar-refractivity contribution < 1.29 is 33.6 Å². The molecule has 0 radical (unpaired) electrons. The second-order valence-corrected chi connectivity index (χ2v) is 8.26. The number of benzene rings is 3. The van der Waals surface area contributed by atoms with E-state index in [1.165, 1.54) is 28.4 Å². The number of ether oxygens (including phenoxy) is 5. The molecule has 36 heavy (non-hydrogen) atoms. The van der Waals surface area contributed by atoms with E-state index in [0.717, 1.165) is 16.7 Å². The van der Waals surface area contributed by atoms with E-state index in [4.69, 9.17) is 23.7 Å². The Kier molecular flexibility index (Phi) is 10.2. The van der Waals surface area contributed by atoms with Crippen molar-refractivity contribution >= 4 is 5.97 Å². The number of carboxylic acid groups (broad SMARTS) is 1. The molecule has 7 heteroatoms. The third-order valence-corrected chi connectivity index (χ3v) is 6.34. The maximum Gasteiger partial charge on any atom is 0.335 e. The molecule has 0 bridgehead atoms. The number of rotatable bonds is 14. The fourth-order valence-corrected chi connectivity index (χ4v) is 4.58. The van der Waals surface area contributed by atoms with Gasteiger partial charge in [-0.2, -0.15) is 0 Å². The van der Waals surface area contributed by atoms with Crippen LogP contribution in [-0.2, 0) is 34.1 Å². The molecule has 0 aliphatic heterocycles. The van der Waals surface area contributed by atoms with Crippen LogP contribution in [0.5, 0.6) is 0 Å². The van der Waals surface area contributed by atoms with Gasteiger partial charge in [-0.05, 0) is 16.7 Å². The topological polar surface area (TPSA) is 83.5 Å². The molecule has 0 heterocycles. The van der Waals surface area contributed by atoms with E-state index in [2.05, 4.69) is 0 Å². The summed E-state index contributed by atoms with van der Waals surface area (Å²) in [6.45, 7) is 0.0730. The van der Waals surface area contributed by atoms with Crippen molar-refractivity contribution in [3.05, 3.63) is 108 Å². The van der Waals surface area contributed by atoms with Gasteiger partial charge in [0.2, 0.25) is 0 Å². The zero-order valence-electron chi connectivity index (χ0n) is 21.1.